The summed E-state index contributed by atoms with van der Waals surface area (Å²) in [7, 11) is -3.62. The second-order valence-corrected chi connectivity index (χ2v) is 7.17. The molecule has 1 saturated heterocycles. The van der Waals surface area contributed by atoms with Gasteiger partial charge in [0, 0.05) is 19.6 Å². The first-order valence-electron chi connectivity index (χ1n) is 6.59. The third-order valence-corrected chi connectivity index (χ3v) is 4.49. The van der Waals surface area contributed by atoms with Gasteiger partial charge in [-0.05, 0) is 25.0 Å². The molecule has 0 aliphatic carbocycles. The Morgan fingerprint density at radius 3 is 2.37 bits per heavy atom. The van der Waals surface area contributed by atoms with Crippen LogP contribution < -0.4 is 0 Å². The van der Waals surface area contributed by atoms with Crippen molar-refractivity contribution in [3.63, 3.8) is 0 Å². The van der Waals surface area contributed by atoms with E-state index in [-0.39, 0.29) is 11.0 Å². The molecule has 0 atom stereocenters. The van der Waals surface area contributed by atoms with Gasteiger partial charge in [-0.25, -0.2) is 0 Å². The number of benzene rings is 1. The van der Waals surface area contributed by atoms with Crippen molar-refractivity contribution in [2.75, 3.05) is 19.6 Å². The molecule has 0 spiro atoms. The highest BCUT2D eigenvalue weighted by atomic mass is 32.2. The van der Waals surface area contributed by atoms with E-state index in [9.17, 15) is 8.42 Å². The van der Waals surface area contributed by atoms with Gasteiger partial charge in [0.05, 0.1) is 4.90 Å². The molecule has 5 heteroatoms. The molecule has 1 aliphatic rings. The van der Waals surface area contributed by atoms with Gasteiger partial charge in [0.1, 0.15) is 6.10 Å². The molecule has 1 aliphatic heterocycles. The zero-order valence-corrected chi connectivity index (χ0v) is 12.5. The fourth-order valence-corrected chi connectivity index (χ4v) is 3.25. The van der Waals surface area contributed by atoms with Crippen molar-refractivity contribution in [1.29, 1.82) is 0 Å². The molecule has 0 bridgehead atoms. The van der Waals surface area contributed by atoms with Crippen molar-refractivity contribution in [2.45, 2.75) is 31.8 Å². The van der Waals surface area contributed by atoms with Gasteiger partial charge in [0.2, 0.25) is 0 Å². The van der Waals surface area contributed by atoms with E-state index >= 15 is 0 Å². The molecule has 106 valence electrons. The topological polar surface area (TPSA) is 46.6 Å². The quantitative estimate of drug-likeness (QED) is 0.776. The zero-order valence-electron chi connectivity index (χ0n) is 11.7. The van der Waals surface area contributed by atoms with Crippen molar-refractivity contribution < 1.29 is 12.6 Å². The largest absolute Gasteiger partial charge is 0.298 e. The van der Waals surface area contributed by atoms with Gasteiger partial charge in [-0.1, -0.05) is 31.5 Å². The lowest BCUT2D eigenvalue weighted by Crippen LogP contribution is -2.53. The van der Waals surface area contributed by atoms with Gasteiger partial charge in [-0.3, -0.25) is 9.08 Å². The molecule has 1 heterocycles. The normalized spacial score (nSPS) is 17.7. The summed E-state index contributed by atoms with van der Waals surface area (Å²) in [6.07, 6.45) is -0.204. The van der Waals surface area contributed by atoms with E-state index in [2.05, 4.69) is 18.7 Å². The summed E-state index contributed by atoms with van der Waals surface area (Å²) in [5.74, 6) is 0.592. The Kier molecular flexibility index (Phi) is 4.28. The van der Waals surface area contributed by atoms with E-state index in [0.29, 0.717) is 19.0 Å². The highest BCUT2D eigenvalue weighted by Gasteiger charge is 2.32. The number of likely N-dealkylation sites (tertiary alicyclic amines) is 1. The van der Waals surface area contributed by atoms with E-state index in [1.165, 1.54) is 0 Å². The minimum Gasteiger partial charge on any atom is -0.298 e. The van der Waals surface area contributed by atoms with Crippen molar-refractivity contribution >= 4 is 10.1 Å². The molecule has 0 saturated carbocycles. The molecule has 1 fully saturated rings. The van der Waals surface area contributed by atoms with E-state index in [1.54, 1.807) is 24.3 Å². The Bertz CT molecular complexity index is 516. The van der Waals surface area contributed by atoms with Crippen LogP contribution in [0, 0.1) is 12.8 Å². The Balaban J connectivity index is 1.91. The third kappa shape index (κ3) is 3.78. The number of hydrogen-bond donors (Lipinski definition) is 0. The second-order valence-electron chi connectivity index (χ2n) is 5.60. The van der Waals surface area contributed by atoms with Crippen LogP contribution in [-0.4, -0.2) is 39.1 Å². The fourth-order valence-electron chi connectivity index (χ4n) is 2.19. The van der Waals surface area contributed by atoms with Crippen LogP contribution in [0.3, 0.4) is 0 Å². The second kappa shape index (κ2) is 5.61. The molecule has 0 N–H and O–H groups in total. The number of hydrogen-bond acceptors (Lipinski definition) is 4. The van der Waals surface area contributed by atoms with Gasteiger partial charge in [-0.2, -0.15) is 8.42 Å². The summed E-state index contributed by atoms with van der Waals surface area (Å²) in [6, 6.07) is 6.74. The van der Waals surface area contributed by atoms with Crippen LogP contribution in [0.1, 0.15) is 19.4 Å². The monoisotopic (exact) mass is 283 g/mol. The fraction of sp³-hybridized carbons (Fsp3) is 0.571. The average molecular weight is 283 g/mol. The van der Waals surface area contributed by atoms with E-state index in [4.69, 9.17) is 4.18 Å². The molecular weight excluding hydrogens is 262 g/mol. The Morgan fingerprint density at radius 2 is 1.84 bits per heavy atom. The maximum atomic E-state index is 12.0. The first-order valence-corrected chi connectivity index (χ1v) is 8.00. The summed E-state index contributed by atoms with van der Waals surface area (Å²) in [5, 5.41) is 0. The zero-order chi connectivity index (χ0) is 14.0. The Hall–Kier alpha value is -0.910. The van der Waals surface area contributed by atoms with Crippen LogP contribution in [0.25, 0.3) is 0 Å². The molecule has 2 rings (SSSR count). The van der Waals surface area contributed by atoms with Crippen LogP contribution in [0.4, 0.5) is 0 Å². The lowest BCUT2D eigenvalue weighted by Gasteiger charge is -2.39. The van der Waals surface area contributed by atoms with Gasteiger partial charge < -0.3 is 0 Å². The van der Waals surface area contributed by atoms with Gasteiger partial charge in [-0.15, -0.1) is 0 Å². The summed E-state index contributed by atoms with van der Waals surface area (Å²) in [4.78, 5) is 2.44. The highest BCUT2D eigenvalue weighted by molar-refractivity contribution is 7.86. The van der Waals surface area contributed by atoms with Crippen LogP contribution in [0.5, 0.6) is 0 Å². The van der Waals surface area contributed by atoms with Crippen molar-refractivity contribution in [1.82, 2.24) is 4.90 Å². The molecule has 4 nitrogen and oxygen atoms in total. The first kappa shape index (κ1) is 14.5. The predicted molar refractivity (Wildman–Crippen MR) is 74.5 cm³/mol. The summed E-state index contributed by atoms with van der Waals surface area (Å²) in [6.45, 7) is 8.61. The van der Waals surface area contributed by atoms with Crippen LogP contribution in [-0.2, 0) is 14.3 Å². The molecule has 1 aromatic rings. The molecule has 0 unspecified atom stereocenters. The Labute approximate surface area is 115 Å². The minimum atomic E-state index is -3.62. The summed E-state index contributed by atoms with van der Waals surface area (Å²) < 4.78 is 29.3. The van der Waals surface area contributed by atoms with E-state index in [1.807, 2.05) is 6.92 Å². The molecule has 0 amide bonds. The SMILES string of the molecule is Cc1ccc(S(=O)(=O)OC2CN(CC(C)C)C2)cc1. The van der Waals surface area contributed by atoms with E-state index in [0.717, 1.165) is 12.1 Å². The molecule has 0 aromatic heterocycles. The van der Waals surface area contributed by atoms with Gasteiger partial charge in [0.15, 0.2) is 0 Å². The lowest BCUT2D eigenvalue weighted by atomic mass is 10.1. The van der Waals surface area contributed by atoms with Crippen LogP contribution >= 0.6 is 0 Å². The van der Waals surface area contributed by atoms with Gasteiger partial charge >= 0.3 is 0 Å². The van der Waals surface area contributed by atoms with Crippen molar-refractivity contribution in [3.05, 3.63) is 29.8 Å². The Morgan fingerprint density at radius 1 is 1.26 bits per heavy atom. The molecule has 19 heavy (non-hydrogen) atoms. The number of rotatable bonds is 5. The third-order valence-electron chi connectivity index (χ3n) is 3.12. The van der Waals surface area contributed by atoms with Crippen molar-refractivity contribution in [2.24, 2.45) is 5.92 Å². The molecule has 1 aromatic carbocycles. The average Bonchev–Trinajstić information content (AvgIpc) is 2.26. The minimum absolute atomic E-state index is 0.204. The molecular formula is C14H21NO3S. The maximum absolute atomic E-state index is 12.0. The van der Waals surface area contributed by atoms with Crippen LogP contribution in [0.2, 0.25) is 0 Å². The summed E-state index contributed by atoms with van der Waals surface area (Å²) in [5.41, 5.74) is 1.03. The number of nitrogens with zero attached hydrogens (tertiary/aromatic N) is 1. The lowest BCUT2D eigenvalue weighted by molar-refractivity contribution is 0.0173. The standard InChI is InChI=1S/C14H21NO3S/c1-11(2)8-15-9-13(10-15)18-19(16,17)14-6-4-12(3)5-7-14/h4-7,11,13H,8-10H2,1-3H3. The van der Waals surface area contributed by atoms with Crippen molar-refractivity contribution in [3.8, 4) is 0 Å². The summed E-state index contributed by atoms with van der Waals surface area (Å²) >= 11 is 0. The smallest absolute Gasteiger partial charge is 0.297 e. The number of aryl methyl sites for hydroxylation is 1. The predicted octanol–water partition coefficient (Wildman–Crippen LogP) is 2.04. The van der Waals surface area contributed by atoms with Crippen LogP contribution in [0.15, 0.2) is 29.2 Å². The molecule has 0 radical (unpaired) electrons. The highest BCUT2D eigenvalue weighted by Crippen LogP contribution is 2.20. The maximum Gasteiger partial charge on any atom is 0.297 e. The van der Waals surface area contributed by atoms with E-state index < -0.39 is 10.1 Å². The van der Waals surface area contributed by atoms with Gasteiger partial charge in [0.25, 0.3) is 10.1 Å². The first-order chi connectivity index (χ1) is 8.87.